The lowest BCUT2D eigenvalue weighted by Gasteiger charge is -2.30. The molecular formula is C130H114N6. The zero-order valence-electron chi connectivity index (χ0n) is 78.2. The van der Waals surface area contributed by atoms with E-state index in [0.717, 1.165) is 69.5 Å². The highest BCUT2D eigenvalue weighted by Gasteiger charge is 2.21. The van der Waals surface area contributed by atoms with E-state index in [-0.39, 0.29) is 0 Å². The second-order valence-corrected chi connectivity index (χ2v) is 33.1. The third-order valence-corrected chi connectivity index (χ3v) is 22.8. The molecular weight excluding hydrogens is 1650 g/mol. The molecule has 6 heteroatoms. The quantitative estimate of drug-likeness (QED) is 0.0663. The first kappa shape index (κ1) is 93.4. The molecule has 0 heterocycles. The van der Waals surface area contributed by atoms with Crippen LogP contribution in [0.4, 0.5) is 102 Å². The van der Waals surface area contributed by atoms with Gasteiger partial charge in [-0.15, -0.1) is 0 Å². The molecule has 136 heavy (non-hydrogen) atoms. The molecule has 0 bridgehead atoms. The molecule has 20 aromatic rings. The van der Waals surface area contributed by atoms with Gasteiger partial charge in [-0.05, 0) is 312 Å². The maximum atomic E-state index is 3.14. The summed E-state index contributed by atoms with van der Waals surface area (Å²) in [7, 11) is 0. The Balaban J connectivity index is 0.000000126. The Bertz CT molecular complexity index is 6630. The van der Waals surface area contributed by atoms with E-state index in [1.165, 1.54) is 101 Å². The third-order valence-electron chi connectivity index (χ3n) is 22.8. The molecule has 0 aromatic heterocycles. The van der Waals surface area contributed by atoms with Crippen molar-refractivity contribution in [1.29, 1.82) is 0 Å². The molecule has 0 saturated heterocycles. The van der Waals surface area contributed by atoms with Crippen LogP contribution in [0.5, 0.6) is 0 Å². The van der Waals surface area contributed by atoms with Gasteiger partial charge in [-0.3, -0.25) is 0 Å². The van der Waals surface area contributed by atoms with Crippen molar-refractivity contribution in [3.8, 4) is 11.8 Å². The minimum absolute atomic E-state index is 0.956. The molecule has 6 nitrogen and oxygen atoms in total. The number of benzene rings is 20. The largest absolute Gasteiger partial charge is 0.311 e. The lowest BCUT2D eigenvalue weighted by Crippen LogP contribution is -2.13. The van der Waals surface area contributed by atoms with Crippen molar-refractivity contribution in [1.82, 2.24) is 0 Å². The molecule has 20 rings (SSSR count). The fourth-order valence-corrected chi connectivity index (χ4v) is 16.0. The van der Waals surface area contributed by atoms with Gasteiger partial charge >= 0.3 is 0 Å². The van der Waals surface area contributed by atoms with E-state index in [4.69, 9.17) is 0 Å². The van der Waals surface area contributed by atoms with Crippen molar-refractivity contribution < 1.29 is 0 Å². The molecule has 0 aliphatic heterocycles. The predicted molar refractivity (Wildman–Crippen MR) is 581 cm³/mol. The van der Waals surface area contributed by atoms with Crippen molar-refractivity contribution in [3.63, 3.8) is 0 Å². The average molecular weight is 1760 g/mol. The van der Waals surface area contributed by atoms with Crippen LogP contribution in [0.25, 0.3) is 0 Å². The van der Waals surface area contributed by atoms with E-state index in [1.54, 1.807) is 0 Å². The van der Waals surface area contributed by atoms with E-state index < -0.39 is 0 Å². The second kappa shape index (κ2) is 49.1. The second-order valence-electron chi connectivity index (χ2n) is 33.1. The van der Waals surface area contributed by atoms with Gasteiger partial charge in [0.15, 0.2) is 0 Å². The van der Waals surface area contributed by atoms with Gasteiger partial charge in [0.25, 0.3) is 0 Å². The topological polar surface area (TPSA) is 19.4 Å². The van der Waals surface area contributed by atoms with Gasteiger partial charge in [0.1, 0.15) is 0 Å². The average Bonchev–Trinajstić information content (AvgIpc) is 0.760. The van der Waals surface area contributed by atoms with Gasteiger partial charge in [-0.25, -0.2) is 0 Å². The SMILES string of the molecule is CCc1ccc(N(c2ccccc2)c2ccccc2)cc1.Cc1cc(N(c2ccccc2)c2ccccc2)cc(N(c2ccccc2)c2ccccc2)c1.Cc1ccc(C#Cc2ccccc2)cc1.Cc1ccc(N(c2ccccc2)c2cccc(C)c2)cc1.Cc1ccc(N(c2ccccc2)c2ccccc2)cc1.c1ccc(Cc2ccc(N(c3ccccc3)c3ccccc3)cc2)cc1. The molecule has 0 aliphatic carbocycles. The summed E-state index contributed by atoms with van der Waals surface area (Å²) in [5, 5.41) is 0. The summed E-state index contributed by atoms with van der Waals surface area (Å²) < 4.78 is 0. The van der Waals surface area contributed by atoms with Crippen LogP contribution in [0, 0.1) is 46.5 Å². The van der Waals surface area contributed by atoms with Crippen molar-refractivity contribution in [2.45, 2.75) is 54.4 Å². The van der Waals surface area contributed by atoms with Crippen molar-refractivity contribution >= 4 is 102 Å². The predicted octanol–water partition coefficient (Wildman–Crippen LogP) is 36.0. The number of hydrogen-bond donors (Lipinski definition) is 0. The summed E-state index contributed by atoms with van der Waals surface area (Å²) in [5.41, 5.74) is 33.3. The monoisotopic (exact) mass is 1760 g/mol. The Hall–Kier alpha value is -17.2. The number of aryl methyl sites for hydroxylation is 6. The minimum atomic E-state index is 0.956. The maximum absolute atomic E-state index is 3.14. The van der Waals surface area contributed by atoms with Crippen LogP contribution in [0.3, 0.4) is 0 Å². The van der Waals surface area contributed by atoms with Gasteiger partial charge < -0.3 is 29.4 Å². The van der Waals surface area contributed by atoms with E-state index in [0.29, 0.717) is 0 Å². The van der Waals surface area contributed by atoms with Gasteiger partial charge in [0.2, 0.25) is 0 Å². The smallest absolute Gasteiger partial charge is 0.0485 e. The first-order valence-electron chi connectivity index (χ1n) is 46.5. The van der Waals surface area contributed by atoms with Crippen LogP contribution >= 0.6 is 0 Å². The third kappa shape index (κ3) is 26.8. The lowest BCUT2D eigenvalue weighted by molar-refractivity contribution is 1.14. The Kier molecular flexibility index (Phi) is 33.8. The molecule has 0 amide bonds. The van der Waals surface area contributed by atoms with Gasteiger partial charge in [0.05, 0.1) is 0 Å². The van der Waals surface area contributed by atoms with Crippen molar-refractivity contribution in [3.05, 3.63) is 614 Å². The first-order valence-corrected chi connectivity index (χ1v) is 46.5. The van der Waals surface area contributed by atoms with Crippen LogP contribution in [0.15, 0.2) is 558 Å². The normalized spacial score (nSPS) is 10.3. The lowest BCUT2D eigenvalue weighted by atomic mass is 10.0. The molecule has 0 atom stereocenters. The Morgan fingerprint density at radius 1 is 0.140 bits per heavy atom. The van der Waals surface area contributed by atoms with Crippen molar-refractivity contribution in [2.24, 2.45) is 0 Å². The van der Waals surface area contributed by atoms with Gasteiger partial charge in [-0.1, -0.05) is 357 Å². The molecule has 0 fully saturated rings. The van der Waals surface area contributed by atoms with E-state index >= 15 is 0 Å². The number of rotatable bonds is 21. The Labute approximate surface area is 806 Å². The summed E-state index contributed by atoms with van der Waals surface area (Å²) >= 11 is 0. The molecule has 20 aromatic carbocycles. The van der Waals surface area contributed by atoms with Crippen LogP contribution in [-0.4, -0.2) is 0 Å². The Morgan fingerprint density at radius 2 is 0.331 bits per heavy atom. The number of anilines is 18. The molecule has 0 unspecified atom stereocenters. The summed E-state index contributed by atoms with van der Waals surface area (Å²) in [6, 6.07) is 195. The molecule has 0 radical (unpaired) electrons. The summed E-state index contributed by atoms with van der Waals surface area (Å²) in [6.07, 6.45) is 2.02. The van der Waals surface area contributed by atoms with Gasteiger partial charge in [-0.2, -0.15) is 0 Å². The van der Waals surface area contributed by atoms with Gasteiger partial charge in [0, 0.05) is 113 Å². The molecule has 0 spiro atoms. The van der Waals surface area contributed by atoms with Crippen LogP contribution in [0.2, 0.25) is 0 Å². The van der Waals surface area contributed by atoms with Crippen molar-refractivity contribution in [2.75, 3.05) is 29.4 Å². The van der Waals surface area contributed by atoms with Crippen LogP contribution < -0.4 is 29.4 Å². The molecule has 0 saturated carbocycles. The molecule has 0 N–H and O–H groups in total. The number of nitrogens with zero attached hydrogens (tertiary/aromatic N) is 6. The van der Waals surface area contributed by atoms with Crippen LogP contribution in [-0.2, 0) is 12.8 Å². The molecule has 0 aliphatic rings. The highest BCUT2D eigenvalue weighted by atomic mass is 15.2. The van der Waals surface area contributed by atoms with E-state index in [2.05, 4.69) is 568 Å². The minimum Gasteiger partial charge on any atom is -0.311 e. The summed E-state index contributed by atoms with van der Waals surface area (Å²) in [4.78, 5) is 13.7. The summed E-state index contributed by atoms with van der Waals surface area (Å²) in [5.74, 6) is 6.27. The van der Waals surface area contributed by atoms with E-state index in [1.807, 2.05) is 72.8 Å². The zero-order valence-corrected chi connectivity index (χ0v) is 78.2. The molecule has 664 valence electrons. The standard InChI is InChI=1S/C31H26N2.C25H21N.2C20H19N.C19H17N.C15H12/c1-25-22-30(32(26-14-6-2-7-15-26)27-16-8-3-9-17-27)24-31(23-25)33(28-18-10-4-11-19-28)29-20-12-5-13-21-29;1-4-10-21(11-5-1)20-22-16-18-25(19-17-22)26(23-12-6-2-7-13-23)24-14-8-3-9-15-24;1-16-11-13-19(14-12-16)21(18-8-4-3-5-9-18)20-10-6-7-17(2)15-20;1-2-17-13-15-20(16-14-17)21(18-9-5-3-6-10-18)19-11-7-4-8-12-19;1-16-12-14-19(15-13-16)20(17-8-4-2-5-9-17)18-10-6-3-7-11-18;1-13-7-9-15(10-8-13)12-11-14-5-3-2-4-6-14/h2-24H,1H3;1-19H,20H2;3-15H,1-2H3;3-16H,2H2,1H3;2-15H,1H3;2-10H,1H3. The zero-order chi connectivity index (χ0) is 93.5. The summed E-state index contributed by atoms with van der Waals surface area (Å²) in [6.45, 7) is 12.8. The number of para-hydroxylation sites is 11. The van der Waals surface area contributed by atoms with Crippen LogP contribution in [0.1, 0.15) is 62.6 Å². The first-order chi connectivity index (χ1) is 67.0. The fourth-order valence-electron chi connectivity index (χ4n) is 16.0. The highest BCUT2D eigenvalue weighted by molar-refractivity contribution is 5.85. The van der Waals surface area contributed by atoms with E-state index in [9.17, 15) is 0 Å². The Morgan fingerprint density at radius 3 is 0.596 bits per heavy atom. The number of hydrogen-bond acceptors (Lipinski definition) is 6. The highest BCUT2D eigenvalue weighted by Crippen LogP contribution is 2.44. The maximum Gasteiger partial charge on any atom is 0.0485 e. The fraction of sp³-hybridized carbons (Fsp3) is 0.0615.